The zero-order valence-corrected chi connectivity index (χ0v) is 43.4. The Bertz CT molecular complexity index is 3510. The summed E-state index contributed by atoms with van der Waals surface area (Å²) in [6, 6.07) is 83.1. The van der Waals surface area contributed by atoms with Crippen molar-refractivity contribution >= 4 is 21.5 Å². The van der Waals surface area contributed by atoms with Gasteiger partial charge in [-0.15, -0.1) is 0 Å². The van der Waals surface area contributed by atoms with Gasteiger partial charge in [-0.2, -0.15) is 0 Å². The summed E-state index contributed by atoms with van der Waals surface area (Å²) in [4.78, 5) is 0. The van der Waals surface area contributed by atoms with Gasteiger partial charge >= 0.3 is 0 Å². The first-order chi connectivity index (χ1) is 38.5. The molecule has 0 spiro atoms. The van der Waals surface area contributed by atoms with Crippen LogP contribution in [0.2, 0.25) is 0 Å². The molecule has 7 heteroatoms. The maximum atomic E-state index is 11.3. The lowest BCUT2D eigenvalue weighted by Gasteiger charge is -2.33. The van der Waals surface area contributed by atoms with Gasteiger partial charge in [0.05, 0.1) is 13.2 Å². The van der Waals surface area contributed by atoms with Gasteiger partial charge in [-0.25, -0.2) is 0 Å². The van der Waals surface area contributed by atoms with Crippen LogP contribution in [0.4, 0.5) is 0 Å². The van der Waals surface area contributed by atoms with Crippen LogP contribution >= 0.6 is 0 Å². The van der Waals surface area contributed by atoms with Crippen molar-refractivity contribution in [2.45, 2.75) is 53.8 Å². The average Bonchev–Trinajstić information content (AvgIpc) is 4.62. The number of epoxide rings is 2. The van der Waals surface area contributed by atoms with Gasteiger partial charge < -0.3 is 33.5 Å². The Morgan fingerprint density at radius 1 is 0.385 bits per heavy atom. The van der Waals surface area contributed by atoms with E-state index in [9.17, 15) is 5.11 Å². The van der Waals surface area contributed by atoms with E-state index in [1.165, 1.54) is 77.2 Å². The topological polar surface area (TPSA) is 82.2 Å². The van der Waals surface area contributed by atoms with Crippen LogP contribution in [0.3, 0.4) is 0 Å². The lowest BCUT2D eigenvalue weighted by atomic mass is 9.69. The lowest BCUT2D eigenvalue weighted by Crippen LogP contribution is -2.27. The van der Waals surface area contributed by atoms with Crippen LogP contribution in [0, 0.1) is 0 Å². The molecule has 2 aliphatic heterocycles. The first-order valence-electron chi connectivity index (χ1n) is 27.5. The summed E-state index contributed by atoms with van der Waals surface area (Å²) in [6.45, 7) is 2.78. The van der Waals surface area contributed by atoms with Gasteiger partial charge in [0.2, 0.25) is 0 Å². The van der Waals surface area contributed by atoms with Crippen LogP contribution in [-0.2, 0) is 20.3 Å². The summed E-state index contributed by atoms with van der Waals surface area (Å²) in [6.07, 6.45) is 1.22. The highest BCUT2D eigenvalue weighted by molar-refractivity contribution is 5.84. The number of benzene rings is 10. The molecular weight excluding hydrogens is 965 g/mol. The molecule has 78 heavy (non-hydrogen) atoms. The summed E-state index contributed by atoms with van der Waals surface area (Å²) in [5.41, 5.74) is 11.7. The zero-order chi connectivity index (χ0) is 52.0. The highest BCUT2D eigenvalue weighted by atomic mass is 16.6. The molecule has 7 nitrogen and oxygen atoms in total. The minimum atomic E-state index is -0.865. The standard InChI is InChI=1S/C71H60O7/c72-57(41-73-58-29-21-53(22-30-58)70(55-25-33-60(34-26-55)75-43-62-45-77-62)39-66(64-13-5-7-15-68(64)70)51-19-17-47-9-1-3-11-49(47)37-51)42-74-59-31-23-54(24-32-59)71(56-27-35-61(36-28-56)76-44-63-46-78-63)40-67(65-14-6-8-16-69(65)71)52-20-18-48-10-2-4-12-50(48)38-52/h1-38,57,62-63,66-67,72H,39-46H2. The number of hydrogen-bond acceptors (Lipinski definition) is 7. The molecule has 0 amide bonds. The van der Waals surface area contributed by atoms with Crippen molar-refractivity contribution in [1.82, 2.24) is 0 Å². The van der Waals surface area contributed by atoms with Gasteiger partial charge in [-0.05, 0) is 139 Å². The molecule has 0 radical (unpaired) electrons. The first-order valence-corrected chi connectivity index (χ1v) is 27.5. The predicted octanol–water partition coefficient (Wildman–Crippen LogP) is 14.1. The number of rotatable bonds is 18. The Hall–Kier alpha value is -8.20. The number of hydrogen-bond donors (Lipinski definition) is 1. The fourth-order valence-electron chi connectivity index (χ4n) is 12.8. The summed E-state index contributed by atoms with van der Waals surface area (Å²) >= 11 is 0. The largest absolute Gasteiger partial charge is 0.491 e. The van der Waals surface area contributed by atoms with E-state index in [1.807, 2.05) is 24.3 Å². The minimum absolute atomic E-state index is 0.0756. The smallest absolute Gasteiger partial charge is 0.122 e. The predicted molar refractivity (Wildman–Crippen MR) is 307 cm³/mol. The molecule has 1 N–H and O–H groups in total. The normalized spacial score (nSPS) is 22.1. The van der Waals surface area contributed by atoms with Crippen molar-refractivity contribution < 1.29 is 33.5 Å². The van der Waals surface area contributed by atoms with E-state index in [0.29, 0.717) is 24.7 Å². The zero-order valence-electron chi connectivity index (χ0n) is 43.4. The Kier molecular flexibility index (Phi) is 12.5. The third-order valence-electron chi connectivity index (χ3n) is 16.9. The third-order valence-corrected chi connectivity index (χ3v) is 16.9. The molecule has 2 heterocycles. The van der Waals surface area contributed by atoms with Gasteiger partial charge in [-0.1, -0.05) is 182 Å². The molecule has 386 valence electrons. The van der Waals surface area contributed by atoms with Crippen molar-refractivity contribution in [2.75, 3.05) is 39.6 Å². The number of aliphatic hydroxyl groups is 1. The quantitative estimate of drug-likeness (QED) is 0.0858. The number of aliphatic hydroxyl groups excluding tert-OH is 1. The van der Waals surface area contributed by atoms with Crippen LogP contribution in [0.25, 0.3) is 21.5 Å². The molecular formula is C71H60O7. The molecule has 0 saturated carbocycles. The van der Waals surface area contributed by atoms with Gasteiger partial charge in [0.15, 0.2) is 0 Å². The van der Waals surface area contributed by atoms with Crippen molar-refractivity contribution in [2.24, 2.45) is 0 Å². The molecule has 0 aromatic heterocycles. The molecule has 6 atom stereocenters. The summed E-state index contributed by atoms with van der Waals surface area (Å²) < 4.78 is 35.6. The highest BCUT2D eigenvalue weighted by Gasteiger charge is 2.48. The Labute approximate surface area is 455 Å². The molecule has 10 aromatic carbocycles. The van der Waals surface area contributed by atoms with Crippen molar-refractivity contribution in [3.8, 4) is 23.0 Å². The van der Waals surface area contributed by atoms with Crippen LogP contribution in [0.15, 0.2) is 231 Å². The fraction of sp³-hybridized carbons (Fsp3) is 0.211. The van der Waals surface area contributed by atoms with E-state index in [-0.39, 0.29) is 37.3 Å². The Morgan fingerprint density at radius 2 is 0.718 bits per heavy atom. The SMILES string of the molecule is OC(COc1ccc(C2(c3ccc(OCC4CO4)cc3)CC(c3ccc4ccccc4c3)c3ccccc32)cc1)COc1ccc(C2(c3ccc(OCC4CO4)cc3)CC(c3ccc4ccccc4c3)c3ccccc32)cc1. The van der Waals surface area contributed by atoms with Crippen molar-refractivity contribution in [3.63, 3.8) is 0 Å². The van der Waals surface area contributed by atoms with Crippen LogP contribution in [0.1, 0.15) is 80.3 Å². The van der Waals surface area contributed by atoms with E-state index in [4.69, 9.17) is 28.4 Å². The lowest BCUT2D eigenvalue weighted by molar-refractivity contribution is 0.0626. The van der Waals surface area contributed by atoms with E-state index in [0.717, 1.165) is 37.6 Å². The van der Waals surface area contributed by atoms with Gasteiger partial charge in [0.1, 0.15) is 67.7 Å². The maximum Gasteiger partial charge on any atom is 0.122 e. The fourth-order valence-corrected chi connectivity index (χ4v) is 12.8. The van der Waals surface area contributed by atoms with Crippen molar-refractivity contribution in [3.05, 3.63) is 286 Å². The number of fused-ring (bicyclic) bond motifs is 4. The van der Waals surface area contributed by atoms with Gasteiger partial charge in [-0.3, -0.25) is 0 Å². The van der Waals surface area contributed by atoms with E-state index >= 15 is 0 Å². The Morgan fingerprint density at radius 3 is 1.09 bits per heavy atom. The molecule has 14 rings (SSSR count). The molecule has 2 fully saturated rings. The van der Waals surface area contributed by atoms with Crippen LogP contribution < -0.4 is 18.9 Å². The van der Waals surface area contributed by atoms with E-state index in [1.54, 1.807) is 0 Å². The highest BCUT2D eigenvalue weighted by Crippen LogP contribution is 2.58. The van der Waals surface area contributed by atoms with Gasteiger partial charge in [0.25, 0.3) is 0 Å². The number of ether oxygens (including phenoxy) is 6. The van der Waals surface area contributed by atoms with Crippen LogP contribution in [0.5, 0.6) is 23.0 Å². The summed E-state index contributed by atoms with van der Waals surface area (Å²) in [5.74, 6) is 3.39. The average molecular weight is 1030 g/mol. The molecule has 2 saturated heterocycles. The minimum Gasteiger partial charge on any atom is -0.491 e. The summed E-state index contributed by atoms with van der Waals surface area (Å²) in [5, 5.41) is 16.3. The van der Waals surface area contributed by atoms with Gasteiger partial charge in [0, 0.05) is 22.7 Å². The first kappa shape index (κ1) is 48.2. The second-order valence-corrected chi connectivity index (χ2v) is 21.6. The van der Waals surface area contributed by atoms with E-state index < -0.39 is 16.9 Å². The third kappa shape index (κ3) is 9.15. The Balaban J connectivity index is 0.696. The second kappa shape index (κ2) is 20.3. The van der Waals surface area contributed by atoms with E-state index in [2.05, 4.69) is 206 Å². The molecule has 6 unspecified atom stereocenters. The maximum absolute atomic E-state index is 11.3. The molecule has 0 bridgehead atoms. The second-order valence-electron chi connectivity index (χ2n) is 21.6. The van der Waals surface area contributed by atoms with Crippen molar-refractivity contribution in [1.29, 1.82) is 0 Å². The monoisotopic (exact) mass is 1020 g/mol. The molecule has 2 aliphatic carbocycles. The molecule has 10 aromatic rings. The molecule has 4 aliphatic rings. The summed E-state index contributed by atoms with van der Waals surface area (Å²) in [7, 11) is 0. The van der Waals surface area contributed by atoms with Crippen LogP contribution in [-0.4, -0.2) is 63.1 Å².